The number of carbonyl (C=O) groups excluding carboxylic acids is 2. The van der Waals surface area contributed by atoms with Crippen LogP contribution in [0.15, 0.2) is 60.7 Å². The molecule has 1 saturated carbocycles. The molecule has 4 heteroatoms. The standard InChI is InChI=1S/C26H34N2O2/c1-18(2)24(26(30)27-22-17-11-10-12-19(22)3)28-25(29)23(20-13-6-4-7-14-20)21-15-8-5-9-16-21/h4-9,13-16,18-19,22-24H,10-12,17H2,1-3H3,(H,27,30)(H,28,29)/t19-,22+,24-/m0/s1. The van der Waals surface area contributed by atoms with Gasteiger partial charge in [0.1, 0.15) is 6.04 Å². The number of hydrogen-bond acceptors (Lipinski definition) is 2. The predicted molar refractivity (Wildman–Crippen MR) is 121 cm³/mol. The molecule has 0 saturated heterocycles. The van der Waals surface area contributed by atoms with Crippen molar-refractivity contribution >= 4 is 11.8 Å². The highest BCUT2D eigenvalue weighted by molar-refractivity contribution is 5.92. The summed E-state index contributed by atoms with van der Waals surface area (Å²) in [4.78, 5) is 26.5. The van der Waals surface area contributed by atoms with Crippen molar-refractivity contribution < 1.29 is 9.59 Å². The first-order valence-electron chi connectivity index (χ1n) is 11.2. The lowest BCUT2D eigenvalue weighted by atomic mass is 9.85. The summed E-state index contributed by atoms with van der Waals surface area (Å²) in [5, 5.41) is 6.29. The number of hydrogen-bond donors (Lipinski definition) is 2. The highest BCUT2D eigenvalue weighted by Crippen LogP contribution is 2.26. The third-order valence-electron chi connectivity index (χ3n) is 6.21. The van der Waals surface area contributed by atoms with Crippen LogP contribution in [-0.2, 0) is 9.59 Å². The van der Waals surface area contributed by atoms with Gasteiger partial charge >= 0.3 is 0 Å². The first-order valence-corrected chi connectivity index (χ1v) is 11.2. The fourth-order valence-corrected chi connectivity index (χ4v) is 4.36. The molecule has 4 nitrogen and oxygen atoms in total. The molecule has 160 valence electrons. The maximum absolute atomic E-state index is 13.4. The average Bonchev–Trinajstić information content (AvgIpc) is 2.75. The fraction of sp³-hybridized carbons (Fsp3) is 0.462. The first kappa shape index (κ1) is 22.1. The minimum atomic E-state index is -0.554. The number of amides is 2. The second-order valence-electron chi connectivity index (χ2n) is 8.86. The van der Waals surface area contributed by atoms with E-state index in [0.29, 0.717) is 5.92 Å². The lowest BCUT2D eigenvalue weighted by Crippen LogP contribution is -2.54. The molecule has 0 aliphatic heterocycles. The summed E-state index contributed by atoms with van der Waals surface area (Å²) in [7, 11) is 0. The Kier molecular flexibility index (Phi) is 7.67. The number of carbonyl (C=O) groups is 2. The highest BCUT2D eigenvalue weighted by Gasteiger charge is 2.32. The van der Waals surface area contributed by atoms with E-state index in [1.54, 1.807) is 0 Å². The van der Waals surface area contributed by atoms with E-state index in [9.17, 15) is 9.59 Å². The summed E-state index contributed by atoms with van der Waals surface area (Å²) >= 11 is 0. The van der Waals surface area contributed by atoms with Crippen LogP contribution in [0.1, 0.15) is 63.5 Å². The summed E-state index contributed by atoms with van der Waals surface area (Å²) in [6.07, 6.45) is 4.54. The van der Waals surface area contributed by atoms with Crippen LogP contribution in [0.25, 0.3) is 0 Å². The van der Waals surface area contributed by atoms with Crippen molar-refractivity contribution in [3.05, 3.63) is 71.8 Å². The highest BCUT2D eigenvalue weighted by atomic mass is 16.2. The monoisotopic (exact) mass is 406 g/mol. The zero-order chi connectivity index (χ0) is 21.5. The van der Waals surface area contributed by atoms with E-state index in [2.05, 4.69) is 17.6 Å². The summed E-state index contributed by atoms with van der Waals surface area (Å²) in [5.74, 6) is -0.183. The molecule has 0 aromatic heterocycles. The summed E-state index contributed by atoms with van der Waals surface area (Å²) in [6.45, 7) is 6.16. The summed E-state index contributed by atoms with van der Waals surface area (Å²) in [6, 6.07) is 19.1. The van der Waals surface area contributed by atoms with Gasteiger partial charge in [0.2, 0.25) is 11.8 Å². The van der Waals surface area contributed by atoms with Crippen molar-refractivity contribution in [3.8, 4) is 0 Å². The zero-order valence-electron chi connectivity index (χ0n) is 18.3. The van der Waals surface area contributed by atoms with Crippen LogP contribution < -0.4 is 10.6 Å². The van der Waals surface area contributed by atoms with E-state index in [1.807, 2.05) is 74.5 Å². The Bertz CT molecular complexity index is 780. The largest absolute Gasteiger partial charge is 0.351 e. The molecule has 0 bridgehead atoms. The molecule has 2 amide bonds. The van der Waals surface area contributed by atoms with Crippen LogP contribution in [0.3, 0.4) is 0 Å². The minimum Gasteiger partial charge on any atom is -0.351 e. The second-order valence-corrected chi connectivity index (χ2v) is 8.86. The Balaban J connectivity index is 1.78. The predicted octanol–water partition coefficient (Wildman–Crippen LogP) is 4.65. The molecule has 2 aromatic carbocycles. The van der Waals surface area contributed by atoms with Crippen LogP contribution in [0, 0.1) is 11.8 Å². The molecule has 0 unspecified atom stereocenters. The normalized spacial score (nSPS) is 20.0. The van der Waals surface area contributed by atoms with E-state index in [0.717, 1.165) is 30.4 Å². The van der Waals surface area contributed by atoms with Gasteiger partial charge in [-0.05, 0) is 35.8 Å². The number of rotatable bonds is 7. The smallest absolute Gasteiger partial charge is 0.243 e. The maximum atomic E-state index is 13.4. The van der Waals surface area contributed by atoms with Crippen molar-refractivity contribution in [3.63, 3.8) is 0 Å². The zero-order valence-corrected chi connectivity index (χ0v) is 18.3. The van der Waals surface area contributed by atoms with Gasteiger partial charge in [-0.25, -0.2) is 0 Å². The van der Waals surface area contributed by atoms with E-state index >= 15 is 0 Å². The molecule has 2 aromatic rings. The van der Waals surface area contributed by atoms with Crippen molar-refractivity contribution in [1.82, 2.24) is 10.6 Å². The second kappa shape index (κ2) is 10.4. The van der Waals surface area contributed by atoms with Crippen molar-refractivity contribution in [2.45, 2.75) is 64.5 Å². The van der Waals surface area contributed by atoms with Crippen LogP contribution in [0.2, 0.25) is 0 Å². The number of nitrogens with one attached hydrogen (secondary N) is 2. The molecule has 3 rings (SSSR count). The van der Waals surface area contributed by atoms with Crippen LogP contribution in [-0.4, -0.2) is 23.9 Å². The van der Waals surface area contributed by atoms with Crippen molar-refractivity contribution in [1.29, 1.82) is 0 Å². The van der Waals surface area contributed by atoms with E-state index in [-0.39, 0.29) is 23.8 Å². The molecule has 0 radical (unpaired) electrons. The van der Waals surface area contributed by atoms with Gasteiger partial charge in [0.15, 0.2) is 0 Å². The maximum Gasteiger partial charge on any atom is 0.243 e. The van der Waals surface area contributed by atoms with Crippen LogP contribution >= 0.6 is 0 Å². The molecule has 0 heterocycles. The summed E-state index contributed by atoms with van der Waals surface area (Å²) < 4.78 is 0. The minimum absolute atomic E-state index is 0.0000402. The molecule has 30 heavy (non-hydrogen) atoms. The van der Waals surface area contributed by atoms with Crippen molar-refractivity contribution in [2.75, 3.05) is 0 Å². The van der Waals surface area contributed by atoms with Crippen LogP contribution in [0.5, 0.6) is 0 Å². The quantitative estimate of drug-likeness (QED) is 0.703. The van der Waals surface area contributed by atoms with Gasteiger partial charge in [-0.15, -0.1) is 0 Å². The molecular weight excluding hydrogens is 372 g/mol. The van der Waals surface area contributed by atoms with E-state index in [1.165, 1.54) is 6.42 Å². The molecule has 1 fully saturated rings. The third kappa shape index (κ3) is 5.50. The van der Waals surface area contributed by atoms with Gasteiger partial charge in [0.05, 0.1) is 5.92 Å². The van der Waals surface area contributed by atoms with E-state index in [4.69, 9.17) is 0 Å². The van der Waals surface area contributed by atoms with E-state index < -0.39 is 12.0 Å². The molecule has 2 N–H and O–H groups in total. The molecular formula is C26H34N2O2. The SMILES string of the molecule is CC(C)[C@H](NC(=O)C(c1ccccc1)c1ccccc1)C(=O)N[C@@H]1CCCC[C@@H]1C. The molecule has 1 aliphatic carbocycles. The Labute approximate surface area is 180 Å². The lowest BCUT2D eigenvalue weighted by molar-refractivity contribution is -0.131. The van der Waals surface area contributed by atoms with Gasteiger partial charge < -0.3 is 10.6 Å². The fourth-order valence-electron chi connectivity index (χ4n) is 4.36. The summed E-state index contributed by atoms with van der Waals surface area (Å²) in [5.41, 5.74) is 1.84. The Morgan fingerprint density at radius 3 is 1.87 bits per heavy atom. The topological polar surface area (TPSA) is 58.2 Å². The van der Waals surface area contributed by atoms with Crippen molar-refractivity contribution in [2.24, 2.45) is 11.8 Å². The number of benzene rings is 2. The Hall–Kier alpha value is -2.62. The molecule has 3 atom stereocenters. The van der Waals surface area contributed by atoms with Gasteiger partial charge in [-0.3, -0.25) is 9.59 Å². The average molecular weight is 407 g/mol. The Morgan fingerprint density at radius 1 is 0.833 bits per heavy atom. The van der Waals surface area contributed by atoms with Gasteiger partial charge in [-0.1, -0.05) is 94.3 Å². The first-order chi connectivity index (χ1) is 14.5. The molecule has 0 spiro atoms. The van der Waals surface area contributed by atoms with Crippen LogP contribution in [0.4, 0.5) is 0 Å². The molecule has 1 aliphatic rings. The lowest BCUT2D eigenvalue weighted by Gasteiger charge is -2.32. The van der Waals surface area contributed by atoms with Gasteiger partial charge in [-0.2, -0.15) is 0 Å². The van der Waals surface area contributed by atoms with Gasteiger partial charge in [0.25, 0.3) is 0 Å². The Morgan fingerprint density at radius 2 is 1.37 bits per heavy atom. The van der Waals surface area contributed by atoms with Gasteiger partial charge in [0, 0.05) is 6.04 Å². The third-order valence-corrected chi connectivity index (χ3v) is 6.21.